The highest BCUT2D eigenvalue weighted by Crippen LogP contribution is 2.63. The Morgan fingerprint density at radius 2 is 2.00 bits per heavy atom. The lowest BCUT2D eigenvalue weighted by Crippen LogP contribution is -2.38. The third kappa shape index (κ3) is 3.23. The standard InChI is InChI=1S/C10H18Cl2N2O2/c1-9(7-10(9,11)12)8(15)14-4-3-13-5-6-16-2/h13H,3-7H2,1-2H3,(H,14,15)/t9-/m0/s1. The SMILES string of the molecule is COCCNCCNC(=O)[C@]1(C)CC1(Cl)Cl. The summed E-state index contributed by atoms with van der Waals surface area (Å²) in [6.07, 6.45) is 0.520. The highest BCUT2D eigenvalue weighted by molar-refractivity contribution is 6.53. The van der Waals surface area contributed by atoms with E-state index >= 15 is 0 Å². The van der Waals surface area contributed by atoms with E-state index in [1.165, 1.54) is 0 Å². The highest BCUT2D eigenvalue weighted by atomic mass is 35.5. The lowest BCUT2D eigenvalue weighted by Gasteiger charge is -2.12. The molecule has 0 unspecified atom stereocenters. The lowest BCUT2D eigenvalue weighted by atomic mass is 10.1. The van der Waals surface area contributed by atoms with E-state index in [4.69, 9.17) is 27.9 Å². The molecule has 0 bridgehead atoms. The maximum atomic E-state index is 11.7. The number of carbonyl (C=O) groups excluding carboxylic acids is 1. The number of methoxy groups -OCH3 is 1. The average molecular weight is 269 g/mol. The molecule has 0 heterocycles. The Morgan fingerprint density at radius 1 is 1.38 bits per heavy atom. The first-order valence-electron chi connectivity index (χ1n) is 5.30. The molecular weight excluding hydrogens is 251 g/mol. The van der Waals surface area contributed by atoms with Crippen LogP contribution in [0.5, 0.6) is 0 Å². The average Bonchev–Trinajstić information content (AvgIpc) is 2.73. The third-order valence-electron chi connectivity index (χ3n) is 2.83. The second kappa shape index (κ2) is 5.54. The maximum Gasteiger partial charge on any atom is 0.229 e. The van der Waals surface area contributed by atoms with Crippen molar-refractivity contribution in [3.8, 4) is 0 Å². The van der Waals surface area contributed by atoms with Crippen molar-refractivity contribution in [2.24, 2.45) is 5.41 Å². The number of carbonyl (C=O) groups is 1. The van der Waals surface area contributed by atoms with Gasteiger partial charge in [0.1, 0.15) is 4.33 Å². The van der Waals surface area contributed by atoms with Gasteiger partial charge in [-0.05, 0) is 13.3 Å². The number of rotatable bonds is 7. The summed E-state index contributed by atoms with van der Waals surface area (Å²) in [5, 5.41) is 5.94. The molecule has 94 valence electrons. The molecular formula is C10H18Cl2N2O2. The maximum absolute atomic E-state index is 11.7. The predicted octanol–water partition coefficient (Wildman–Crippen LogP) is 0.922. The Balaban J connectivity index is 2.08. The zero-order valence-corrected chi connectivity index (χ0v) is 11.1. The first kappa shape index (κ1) is 14.0. The van der Waals surface area contributed by atoms with E-state index in [1.54, 1.807) is 14.0 Å². The Bertz CT molecular complexity index is 261. The van der Waals surface area contributed by atoms with E-state index in [0.717, 1.165) is 6.54 Å². The first-order chi connectivity index (χ1) is 7.44. The Hall–Kier alpha value is -0.0300. The van der Waals surface area contributed by atoms with Crippen LogP contribution in [0.1, 0.15) is 13.3 Å². The molecule has 1 saturated carbocycles. The molecule has 16 heavy (non-hydrogen) atoms. The van der Waals surface area contributed by atoms with E-state index in [9.17, 15) is 4.79 Å². The van der Waals surface area contributed by atoms with Gasteiger partial charge in [0, 0.05) is 26.7 Å². The van der Waals surface area contributed by atoms with Gasteiger partial charge in [-0.25, -0.2) is 0 Å². The second-order valence-electron chi connectivity index (χ2n) is 4.21. The van der Waals surface area contributed by atoms with Crippen molar-refractivity contribution < 1.29 is 9.53 Å². The van der Waals surface area contributed by atoms with Crippen LogP contribution in [-0.2, 0) is 9.53 Å². The summed E-state index contributed by atoms with van der Waals surface area (Å²) in [5.41, 5.74) is -0.622. The number of ether oxygens (including phenoxy) is 1. The van der Waals surface area contributed by atoms with Crippen molar-refractivity contribution in [3.05, 3.63) is 0 Å². The normalized spacial score (nSPS) is 26.5. The molecule has 0 aromatic heterocycles. The number of amides is 1. The van der Waals surface area contributed by atoms with Crippen LogP contribution < -0.4 is 10.6 Å². The Morgan fingerprint density at radius 3 is 2.50 bits per heavy atom. The molecule has 0 aromatic rings. The molecule has 0 aliphatic heterocycles. The van der Waals surface area contributed by atoms with Crippen LogP contribution in [0.2, 0.25) is 0 Å². The highest BCUT2D eigenvalue weighted by Gasteiger charge is 2.67. The summed E-state index contributed by atoms with van der Waals surface area (Å²) < 4.78 is 3.99. The Kier molecular flexibility index (Phi) is 4.86. The van der Waals surface area contributed by atoms with Gasteiger partial charge in [0.25, 0.3) is 0 Å². The molecule has 1 fully saturated rings. The minimum Gasteiger partial charge on any atom is -0.383 e. The summed E-state index contributed by atoms with van der Waals surface area (Å²) >= 11 is 11.8. The van der Waals surface area contributed by atoms with Crippen LogP contribution in [0.15, 0.2) is 0 Å². The quantitative estimate of drug-likeness (QED) is 0.534. The molecule has 1 amide bonds. The molecule has 1 atom stereocenters. The minimum atomic E-state index is -0.888. The fourth-order valence-corrected chi connectivity index (χ4v) is 2.11. The summed E-state index contributed by atoms with van der Waals surface area (Å²) in [7, 11) is 1.65. The van der Waals surface area contributed by atoms with Gasteiger partial charge in [-0.15, -0.1) is 23.2 Å². The lowest BCUT2D eigenvalue weighted by molar-refractivity contribution is -0.125. The van der Waals surface area contributed by atoms with Crippen LogP contribution in [0.3, 0.4) is 0 Å². The first-order valence-corrected chi connectivity index (χ1v) is 6.05. The third-order valence-corrected chi connectivity index (χ3v) is 3.93. The van der Waals surface area contributed by atoms with Gasteiger partial charge in [0.2, 0.25) is 5.91 Å². The molecule has 1 aliphatic rings. The topological polar surface area (TPSA) is 50.4 Å². The molecule has 0 spiro atoms. The summed E-state index contributed by atoms with van der Waals surface area (Å²) in [4.78, 5) is 11.7. The van der Waals surface area contributed by atoms with Crippen LogP contribution >= 0.6 is 23.2 Å². The zero-order chi connectivity index (χ0) is 12.2. The zero-order valence-electron chi connectivity index (χ0n) is 9.61. The van der Waals surface area contributed by atoms with Gasteiger partial charge in [-0.1, -0.05) is 0 Å². The van der Waals surface area contributed by atoms with Crippen molar-refractivity contribution in [1.82, 2.24) is 10.6 Å². The molecule has 2 N–H and O–H groups in total. The smallest absolute Gasteiger partial charge is 0.229 e. The number of hydrogen-bond acceptors (Lipinski definition) is 3. The van der Waals surface area contributed by atoms with E-state index < -0.39 is 9.75 Å². The summed E-state index contributed by atoms with van der Waals surface area (Å²) in [5.74, 6) is -0.0777. The molecule has 1 aliphatic carbocycles. The van der Waals surface area contributed by atoms with Gasteiger partial charge in [0.05, 0.1) is 12.0 Å². The van der Waals surface area contributed by atoms with Crippen LogP contribution in [0.4, 0.5) is 0 Å². The fraction of sp³-hybridized carbons (Fsp3) is 0.900. The van der Waals surface area contributed by atoms with E-state index in [2.05, 4.69) is 10.6 Å². The largest absolute Gasteiger partial charge is 0.383 e. The van der Waals surface area contributed by atoms with Crippen molar-refractivity contribution in [2.75, 3.05) is 33.4 Å². The van der Waals surface area contributed by atoms with Crippen molar-refractivity contribution in [3.63, 3.8) is 0 Å². The van der Waals surface area contributed by atoms with Gasteiger partial charge in [0.15, 0.2) is 0 Å². The monoisotopic (exact) mass is 268 g/mol. The van der Waals surface area contributed by atoms with Gasteiger partial charge < -0.3 is 15.4 Å². The molecule has 0 saturated heterocycles. The summed E-state index contributed by atoms with van der Waals surface area (Å²) in [6.45, 7) is 4.50. The second-order valence-corrected chi connectivity index (χ2v) is 5.70. The van der Waals surface area contributed by atoms with E-state index in [-0.39, 0.29) is 5.91 Å². The molecule has 0 aromatic carbocycles. The van der Waals surface area contributed by atoms with Crippen LogP contribution in [0.25, 0.3) is 0 Å². The summed E-state index contributed by atoms with van der Waals surface area (Å²) in [6, 6.07) is 0. The number of alkyl halides is 2. The van der Waals surface area contributed by atoms with Crippen LogP contribution in [0, 0.1) is 5.41 Å². The molecule has 1 rings (SSSR count). The molecule has 4 nitrogen and oxygen atoms in total. The van der Waals surface area contributed by atoms with Crippen molar-refractivity contribution >= 4 is 29.1 Å². The van der Waals surface area contributed by atoms with Crippen molar-refractivity contribution in [2.45, 2.75) is 17.7 Å². The van der Waals surface area contributed by atoms with Gasteiger partial charge >= 0.3 is 0 Å². The molecule has 6 heteroatoms. The van der Waals surface area contributed by atoms with Gasteiger partial charge in [-0.3, -0.25) is 4.79 Å². The Labute approximate surface area is 106 Å². The van der Waals surface area contributed by atoms with Crippen LogP contribution in [-0.4, -0.2) is 43.6 Å². The van der Waals surface area contributed by atoms with Crippen molar-refractivity contribution in [1.29, 1.82) is 0 Å². The fourth-order valence-electron chi connectivity index (χ4n) is 1.40. The number of hydrogen-bond donors (Lipinski definition) is 2. The van der Waals surface area contributed by atoms with E-state index in [0.29, 0.717) is 26.1 Å². The molecule has 0 radical (unpaired) electrons. The number of nitrogens with one attached hydrogen (secondary N) is 2. The van der Waals surface area contributed by atoms with E-state index in [1.807, 2.05) is 0 Å². The number of halogens is 2. The predicted molar refractivity (Wildman–Crippen MR) is 64.9 cm³/mol. The minimum absolute atomic E-state index is 0.0777. The van der Waals surface area contributed by atoms with Gasteiger partial charge in [-0.2, -0.15) is 0 Å².